The smallest absolute Gasteiger partial charge is 0.330 e. The third kappa shape index (κ3) is 6.07. The van der Waals surface area contributed by atoms with Crippen molar-refractivity contribution in [1.82, 2.24) is 4.90 Å². The molecule has 1 rings (SSSR count). The molecule has 0 unspecified atom stereocenters. The molecule has 0 bridgehead atoms. The van der Waals surface area contributed by atoms with Gasteiger partial charge in [-0.3, -0.25) is 0 Å². The molecule has 0 atom stereocenters. The Labute approximate surface area is 112 Å². The van der Waals surface area contributed by atoms with Crippen molar-refractivity contribution in [2.45, 2.75) is 32.0 Å². The fourth-order valence-corrected chi connectivity index (χ4v) is 1.94. The van der Waals surface area contributed by atoms with Gasteiger partial charge in [-0.1, -0.05) is 24.6 Å². The van der Waals surface area contributed by atoms with E-state index < -0.39 is 11.7 Å². The molecule has 0 aliphatic carbocycles. The molecule has 0 heterocycles. The maximum atomic E-state index is 12.6. The van der Waals surface area contributed by atoms with Crippen molar-refractivity contribution < 1.29 is 13.2 Å². The van der Waals surface area contributed by atoms with Crippen LogP contribution in [0.4, 0.5) is 13.2 Å². The van der Waals surface area contributed by atoms with Gasteiger partial charge in [0.15, 0.2) is 0 Å². The lowest BCUT2D eigenvalue weighted by Gasteiger charge is -2.17. The Morgan fingerprint density at radius 2 is 1.89 bits per heavy atom. The van der Waals surface area contributed by atoms with Crippen molar-refractivity contribution in [3.8, 4) is 0 Å². The number of halogens is 3. The van der Waals surface area contributed by atoms with E-state index in [0.29, 0.717) is 18.7 Å². The molecule has 0 radical (unpaired) electrons. The molecule has 0 fully saturated rings. The molecule has 0 aromatic heterocycles. The number of benzene rings is 1. The highest BCUT2D eigenvalue weighted by Gasteiger charge is 2.30. The quantitative estimate of drug-likeness (QED) is 0.773. The van der Waals surface area contributed by atoms with E-state index in [0.717, 1.165) is 31.9 Å². The average Bonchev–Trinajstić information content (AvgIpc) is 2.34. The van der Waals surface area contributed by atoms with Crippen LogP contribution in [0.5, 0.6) is 0 Å². The molecular weight excluding hydrogens is 253 g/mol. The largest absolute Gasteiger partial charge is 0.416 e. The summed E-state index contributed by atoms with van der Waals surface area (Å²) in [4.78, 5) is 2.03. The van der Waals surface area contributed by atoms with Crippen LogP contribution in [-0.4, -0.2) is 25.0 Å². The van der Waals surface area contributed by atoms with Crippen LogP contribution in [0.25, 0.3) is 0 Å². The molecule has 0 aliphatic rings. The highest BCUT2D eigenvalue weighted by atomic mass is 19.4. The van der Waals surface area contributed by atoms with Gasteiger partial charge in [0.05, 0.1) is 5.56 Å². The van der Waals surface area contributed by atoms with Crippen LogP contribution < -0.4 is 5.73 Å². The van der Waals surface area contributed by atoms with E-state index in [-0.39, 0.29) is 0 Å². The van der Waals surface area contributed by atoms with Crippen molar-refractivity contribution in [2.75, 3.05) is 20.1 Å². The Morgan fingerprint density at radius 3 is 2.53 bits per heavy atom. The molecule has 1 aromatic carbocycles. The van der Waals surface area contributed by atoms with Crippen LogP contribution >= 0.6 is 0 Å². The van der Waals surface area contributed by atoms with Gasteiger partial charge in [0.25, 0.3) is 0 Å². The van der Waals surface area contributed by atoms with Gasteiger partial charge in [-0.05, 0) is 44.6 Å². The van der Waals surface area contributed by atoms with Gasteiger partial charge in [-0.15, -0.1) is 0 Å². The normalized spacial score (nSPS) is 12.1. The first kappa shape index (κ1) is 16.0. The molecule has 19 heavy (non-hydrogen) atoms. The van der Waals surface area contributed by atoms with Gasteiger partial charge in [-0.25, -0.2) is 0 Å². The number of hydrogen-bond acceptors (Lipinski definition) is 2. The molecule has 2 N–H and O–H groups in total. The van der Waals surface area contributed by atoms with E-state index in [1.54, 1.807) is 6.07 Å². The van der Waals surface area contributed by atoms with Gasteiger partial charge in [0.2, 0.25) is 0 Å². The average molecular weight is 274 g/mol. The summed E-state index contributed by atoms with van der Waals surface area (Å²) >= 11 is 0. The summed E-state index contributed by atoms with van der Waals surface area (Å²) in [6, 6.07) is 5.51. The van der Waals surface area contributed by atoms with Crippen molar-refractivity contribution >= 4 is 0 Å². The second-order valence-corrected chi connectivity index (χ2v) is 4.79. The molecule has 0 saturated heterocycles. The molecule has 5 heteroatoms. The van der Waals surface area contributed by atoms with Gasteiger partial charge >= 0.3 is 6.18 Å². The highest BCUT2D eigenvalue weighted by molar-refractivity contribution is 5.25. The SMILES string of the molecule is CN(CCCCCN)Cc1cccc(C(F)(F)F)c1. The van der Waals surface area contributed by atoms with E-state index in [4.69, 9.17) is 5.73 Å². The van der Waals surface area contributed by atoms with Crippen LogP contribution in [0.1, 0.15) is 30.4 Å². The maximum absolute atomic E-state index is 12.6. The predicted octanol–water partition coefficient (Wildman–Crippen LogP) is 3.27. The van der Waals surface area contributed by atoms with E-state index in [2.05, 4.69) is 0 Å². The van der Waals surface area contributed by atoms with Gasteiger partial charge < -0.3 is 10.6 Å². The first-order valence-electron chi connectivity index (χ1n) is 6.48. The Morgan fingerprint density at radius 1 is 1.16 bits per heavy atom. The van der Waals surface area contributed by atoms with Crippen molar-refractivity contribution in [1.29, 1.82) is 0 Å². The van der Waals surface area contributed by atoms with E-state index in [1.165, 1.54) is 12.1 Å². The highest BCUT2D eigenvalue weighted by Crippen LogP contribution is 2.29. The number of rotatable bonds is 7. The standard InChI is InChI=1S/C14H21F3N2/c1-19(9-4-2-3-8-18)11-12-6-5-7-13(10-12)14(15,16)17/h5-7,10H,2-4,8-9,11,18H2,1H3. The molecule has 0 amide bonds. The number of unbranched alkanes of at least 4 members (excludes halogenated alkanes) is 2. The zero-order valence-corrected chi connectivity index (χ0v) is 11.2. The van der Waals surface area contributed by atoms with Crippen molar-refractivity contribution in [3.05, 3.63) is 35.4 Å². The summed E-state index contributed by atoms with van der Waals surface area (Å²) in [5, 5.41) is 0. The molecule has 0 spiro atoms. The molecule has 2 nitrogen and oxygen atoms in total. The zero-order valence-electron chi connectivity index (χ0n) is 11.2. The lowest BCUT2D eigenvalue weighted by Crippen LogP contribution is -2.19. The second kappa shape index (κ2) is 7.50. The van der Waals surface area contributed by atoms with E-state index >= 15 is 0 Å². The third-order valence-electron chi connectivity index (χ3n) is 2.95. The zero-order chi connectivity index (χ0) is 14.3. The minimum Gasteiger partial charge on any atom is -0.330 e. The Bertz CT molecular complexity index is 377. The molecular formula is C14H21F3N2. The summed E-state index contributed by atoms with van der Waals surface area (Å²) in [5.41, 5.74) is 5.52. The third-order valence-corrected chi connectivity index (χ3v) is 2.95. The van der Waals surface area contributed by atoms with Crippen molar-refractivity contribution in [2.24, 2.45) is 5.73 Å². The number of alkyl halides is 3. The van der Waals surface area contributed by atoms with Crippen LogP contribution in [0.3, 0.4) is 0 Å². The predicted molar refractivity (Wildman–Crippen MR) is 70.7 cm³/mol. The monoisotopic (exact) mass is 274 g/mol. The summed E-state index contributed by atoms with van der Waals surface area (Å²) in [6.45, 7) is 2.10. The molecule has 108 valence electrons. The van der Waals surface area contributed by atoms with Gasteiger partial charge in [0, 0.05) is 6.54 Å². The number of nitrogens with two attached hydrogens (primary N) is 1. The van der Waals surface area contributed by atoms with Crippen molar-refractivity contribution in [3.63, 3.8) is 0 Å². The van der Waals surface area contributed by atoms with E-state index in [9.17, 15) is 13.2 Å². The molecule has 0 saturated carbocycles. The van der Waals surface area contributed by atoms with Gasteiger partial charge in [-0.2, -0.15) is 13.2 Å². The Kier molecular flexibility index (Phi) is 6.31. The van der Waals surface area contributed by atoms with Gasteiger partial charge in [0.1, 0.15) is 0 Å². The Balaban J connectivity index is 2.48. The first-order valence-corrected chi connectivity index (χ1v) is 6.48. The van der Waals surface area contributed by atoms with E-state index in [1.807, 2.05) is 11.9 Å². The lowest BCUT2D eigenvalue weighted by molar-refractivity contribution is -0.137. The maximum Gasteiger partial charge on any atom is 0.416 e. The molecule has 0 aliphatic heterocycles. The van der Waals surface area contributed by atoms with Crippen LogP contribution in [0, 0.1) is 0 Å². The second-order valence-electron chi connectivity index (χ2n) is 4.79. The minimum absolute atomic E-state index is 0.534. The summed E-state index contributed by atoms with van der Waals surface area (Å²) < 4.78 is 37.7. The summed E-state index contributed by atoms with van der Waals surface area (Å²) in [7, 11) is 1.92. The van der Waals surface area contributed by atoms with Crippen LogP contribution in [0.2, 0.25) is 0 Å². The summed E-state index contributed by atoms with van der Waals surface area (Å²) in [5.74, 6) is 0. The topological polar surface area (TPSA) is 29.3 Å². The fourth-order valence-electron chi connectivity index (χ4n) is 1.94. The Hall–Kier alpha value is -1.07. The molecule has 1 aromatic rings. The first-order chi connectivity index (χ1) is 8.93. The number of nitrogens with zero attached hydrogens (tertiary/aromatic N) is 1. The van der Waals surface area contributed by atoms with Crippen LogP contribution in [-0.2, 0) is 12.7 Å². The number of hydrogen-bond donors (Lipinski definition) is 1. The minimum atomic E-state index is -4.27. The fraction of sp³-hybridized carbons (Fsp3) is 0.571. The van der Waals surface area contributed by atoms with Crippen LogP contribution in [0.15, 0.2) is 24.3 Å². The lowest BCUT2D eigenvalue weighted by atomic mass is 10.1. The summed E-state index contributed by atoms with van der Waals surface area (Å²) in [6.07, 6.45) is -1.19.